The molecule has 0 spiro atoms. The molecule has 1 amide bonds. The first-order chi connectivity index (χ1) is 32.6. The highest BCUT2D eigenvalue weighted by atomic mass is 32.7. The van der Waals surface area contributed by atoms with Gasteiger partial charge in [-0.3, -0.25) is 24.1 Å². The molecule has 4 heterocycles. The highest BCUT2D eigenvalue weighted by Gasteiger charge is 2.50. The standard InChI is InChI=1S/C51H65N4O12PS/c1-24(2)23-54-16-18-55(19-17-54)32-21-34-39(35(22-32)69-68)52-40-36-37-44(59)30(8)47-38(36)49(61)51(10,67-47)64-20-15-33(63-11)27(5)46(65-31(9)56)29(7)43(58)28(6)42(57)25(3)13-12-14-26(4)50(62)53-41(45(37)60)48(40)66-34/h12-15,20-22,24-25,27-29,33,42-43,46,57-58,60H,16-19,23,68H2,1-11H3,(H,53,62)/b13-12+,20-15+,26-14-/t25-,27+,28+,29+,33-,42-,43+,46+,51?/m0/s1. The number of piperazine rings is 1. The van der Waals surface area contributed by atoms with Gasteiger partial charge in [0.15, 0.2) is 22.3 Å². The first-order valence-corrected chi connectivity index (χ1v) is 25.7. The Kier molecular flexibility index (Phi) is 15.6. The van der Waals surface area contributed by atoms with Crippen LogP contribution in [-0.2, 0) is 23.8 Å². The molecular formula is C51H65N4O12PS. The van der Waals surface area contributed by atoms with Crippen LogP contribution in [0.25, 0.3) is 33.0 Å². The number of aliphatic hydroxyl groups is 2. The number of phenolic OH excluding ortho intramolecular Hbond substituents is 1. The van der Waals surface area contributed by atoms with Crippen LogP contribution in [0.2, 0.25) is 0 Å². The number of phenols is 1. The van der Waals surface area contributed by atoms with E-state index in [1.165, 1.54) is 57.7 Å². The molecule has 372 valence electrons. The molecule has 69 heavy (non-hydrogen) atoms. The van der Waals surface area contributed by atoms with Gasteiger partial charge >= 0.3 is 11.8 Å². The number of fused-ring (bicyclic) bond motifs is 2. The van der Waals surface area contributed by atoms with Gasteiger partial charge in [0.05, 0.1) is 35.5 Å². The fourth-order valence-electron chi connectivity index (χ4n) is 9.84. The zero-order chi connectivity index (χ0) is 50.4. The molecule has 1 saturated heterocycles. The summed E-state index contributed by atoms with van der Waals surface area (Å²) in [5.74, 6) is -6.64. The van der Waals surface area contributed by atoms with Gasteiger partial charge in [-0.15, -0.1) is 11.4 Å². The van der Waals surface area contributed by atoms with Crippen molar-refractivity contribution in [1.82, 2.24) is 9.88 Å². The van der Waals surface area contributed by atoms with Crippen molar-refractivity contribution < 1.29 is 53.1 Å². The fraction of sp³-hybridized carbons (Fsp3) is 0.510. The molecule has 18 heteroatoms. The van der Waals surface area contributed by atoms with Gasteiger partial charge in [0.2, 0.25) is 0 Å². The normalized spacial score (nSPS) is 29.3. The zero-order valence-corrected chi connectivity index (χ0v) is 43.1. The quantitative estimate of drug-likeness (QED) is 0.0480. The van der Waals surface area contributed by atoms with Crippen molar-refractivity contribution in [2.75, 3.05) is 50.1 Å². The molecule has 3 aliphatic heterocycles. The summed E-state index contributed by atoms with van der Waals surface area (Å²) in [7, 11) is 4.11. The summed E-state index contributed by atoms with van der Waals surface area (Å²) in [4.78, 5) is 66.6. The fourth-order valence-corrected chi connectivity index (χ4v) is 10.8. The Hall–Kier alpha value is -5.03. The third-order valence-electron chi connectivity index (χ3n) is 13.9. The van der Waals surface area contributed by atoms with E-state index in [0.717, 1.165) is 43.3 Å². The first-order valence-electron chi connectivity index (χ1n) is 23.4. The van der Waals surface area contributed by atoms with Gasteiger partial charge in [0.1, 0.15) is 28.6 Å². The minimum Gasteiger partial charge on any atom is -0.505 e. The zero-order valence-electron chi connectivity index (χ0n) is 41.1. The monoisotopic (exact) mass is 988 g/mol. The number of rotatable bonds is 6. The number of allylic oxidation sites excluding steroid dienone is 2. The van der Waals surface area contributed by atoms with Gasteiger partial charge in [-0.25, -0.2) is 4.98 Å². The maximum Gasteiger partial charge on any atom is 0.312 e. The van der Waals surface area contributed by atoms with Crippen molar-refractivity contribution in [2.45, 2.75) is 104 Å². The van der Waals surface area contributed by atoms with E-state index in [1.54, 1.807) is 46.8 Å². The third kappa shape index (κ3) is 10.0. The molecule has 0 radical (unpaired) electrons. The van der Waals surface area contributed by atoms with Gasteiger partial charge in [0, 0.05) is 111 Å². The minimum absolute atomic E-state index is 0.00331. The van der Waals surface area contributed by atoms with Gasteiger partial charge < -0.3 is 48.9 Å². The summed E-state index contributed by atoms with van der Waals surface area (Å²) in [6.45, 7) is 21.4. The Balaban J connectivity index is 1.44. The second-order valence-corrected chi connectivity index (χ2v) is 20.7. The van der Waals surface area contributed by atoms with Gasteiger partial charge in [-0.05, 0) is 31.9 Å². The van der Waals surface area contributed by atoms with E-state index in [9.17, 15) is 34.5 Å². The van der Waals surface area contributed by atoms with Gasteiger partial charge in [-0.1, -0.05) is 68.2 Å². The number of aliphatic hydroxyl groups excluding tert-OH is 2. The number of ketones is 1. The number of hydrogen-bond acceptors (Lipinski definition) is 16. The predicted molar refractivity (Wildman–Crippen MR) is 271 cm³/mol. The lowest BCUT2D eigenvalue weighted by Gasteiger charge is -2.38. The summed E-state index contributed by atoms with van der Waals surface area (Å²) in [6.07, 6.45) is 3.70. The molecule has 0 aliphatic carbocycles. The number of ether oxygens (including phenoxy) is 4. The van der Waals surface area contributed by atoms with Crippen LogP contribution in [0.1, 0.15) is 78.2 Å². The van der Waals surface area contributed by atoms with Crippen LogP contribution in [0.15, 0.2) is 62.4 Å². The lowest BCUT2D eigenvalue weighted by atomic mass is 9.78. The molecule has 16 nitrogen and oxygen atoms in total. The third-order valence-corrected chi connectivity index (χ3v) is 15.2. The lowest BCUT2D eigenvalue weighted by molar-refractivity contribution is -0.160. The summed E-state index contributed by atoms with van der Waals surface area (Å²) in [5, 5.41) is 37.9. The number of nitrogens with zero attached hydrogens (tertiary/aromatic N) is 3. The smallest absolute Gasteiger partial charge is 0.312 e. The molecule has 7 rings (SSSR count). The van der Waals surface area contributed by atoms with Crippen molar-refractivity contribution in [3.63, 3.8) is 0 Å². The number of aromatic hydroxyl groups is 1. The summed E-state index contributed by atoms with van der Waals surface area (Å²) < 4.78 is 30.8. The SMILES string of the molecule is CO[C@H]1/C=C/OC2(C)Oc3c(C)c(=O)c4c(O)c(c5oc6cc(N7CCN(CC(C)C)CC7)cc(SP)c6nc5c4c3C2=O)NC(=O)/C(C)=C\C=C\[C@H](C)[C@H](O)[C@@H](C)[C@@H](O)[C@@H](C)[C@H](OC(C)=O)[C@@H]1C. The maximum absolute atomic E-state index is 14.9. The summed E-state index contributed by atoms with van der Waals surface area (Å²) in [6, 6.07) is 3.89. The number of benzene rings is 3. The van der Waals surface area contributed by atoms with Crippen molar-refractivity contribution in [3.05, 3.63) is 69.6 Å². The largest absolute Gasteiger partial charge is 0.505 e. The van der Waals surface area contributed by atoms with Crippen molar-refractivity contribution in [3.8, 4) is 11.5 Å². The number of methoxy groups -OCH3 is 1. The van der Waals surface area contributed by atoms with Crippen molar-refractivity contribution in [1.29, 1.82) is 0 Å². The number of Topliss-reactive ketones (excluding diaryl/α,β-unsaturated/α-hetero) is 1. The highest BCUT2D eigenvalue weighted by molar-refractivity contribution is 8.44. The number of esters is 1. The molecule has 4 N–H and O–H groups in total. The van der Waals surface area contributed by atoms with Crippen LogP contribution in [-0.4, -0.2) is 113 Å². The highest BCUT2D eigenvalue weighted by Crippen LogP contribution is 2.49. The number of nitrogens with one attached hydrogen (secondary N) is 1. The van der Waals surface area contributed by atoms with Gasteiger partial charge in [0.25, 0.3) is 11.7 Å². The second kappa shape index (κ2) is 20.7. The Morgan fingerprint density at radius 1 is 1.00 bits per heavy atom. The molecule has 1 aromatic heterocycles. The number of amides is 1. The summed E-state index contributed by atoms with van der Waals surface area (Å²) in [5.41, 5.74) is 0.764. The number of aromatic nitrogens is 1. The molecule has 3 aromatic carbocycles. The Labute approximate surface area is 408 Å². The number of hydrogen-bond donors (Lipinski definition) is 4. The van der Waals surface area contributed by atoms with E-state index in [-0.39, 0.29) is 50.0 Å². The van der Waals surface area contributed by atoms with Crippen LogP contribution in [0.3, 0.4) is 0 Å². The lowest BCUT2D eigenvalue weighted by Crippen LogP contribution is -2.47. The van der Waals surface area contributed by atoms with E-state index in [4.69, 9.17) is 28.3 Å². The molecule has 4 bridgehead atoms. The Bertz CT molecular complexity index is 2820. The van der Waals surface area contributed by atoms with Crippen LogP contribution in [0.4, 0.5) is 11.4 Å². The molecule has 4 aromatic rings. The van der Waals surface area contributed by atoms with E-state index >= 15 is 0 Å². The molecule has 2 unspecified atom stereocenters. The molecule has 0 saturated carbocycles. The van der Waals surface area contributed by atoms with E-state index < -0.39 is 82.7 Å². The predicted octanol–water partition coefficient (Wildman–Crippen LogP) is 7.66. The van der Waals surface area contributed by atoms with Crippen LogP contribution in [0, 0.1) is 36.5 Å². The van der Waals surface area contributed by atoms with Crippen LogP contribution >= 0.6 is 19.8 Å². The van der Waals surface area contributed by atoms with E-state index in [0.29, 0.717) is 17.0 Å². The topological polar surface area (TPSA) is 210 Å². The summed E-state index contributed by atoms with van der Waals surface area (Å²) >= 11 is 1.37. The van der Waals surface area contributed by atoms with Crippen LogP contribution < -0.4 is 20.4 Å². The average molecular weight is 989 g/mol. The number of carbonyl (C=O) groups excluding carboxylic acids is 3. The number of carbonyl (C=O) groups is 3. The number of anilines is 2. The van der Waals surface area contributed by atoms with E-state index in [2.05, 4.69) is 37.4 Å². The second-order valence-electron chi connectivity index (χ2n) is 19.3. The first kappa shape index (κ1) is 51.8. The Morgan fingerprint density at radius 3 is 2.33 bits per heavy atom. The maximum atomic E-state index is 14.9. The van der Waals surface area contributed by atoms with Gasteiger partial charge in [-0.2, -0.15) is 0 Å². The molecule has 1 fully saturated rings. The molecule has 10 atom stereocenters. The van der Waals surface area contributed by atoms with Crippen LogP contribution in [0.5, 0.6) is 11.5 Å². The molecule has 3 aliphatic rings. The minimum atomic E-state index is -2.05. The van der Waals surface area contributed by atoms with Crippen molar-refractivity contribution in [2.24, 2.45) is 29.6 Å². The Morgan fingerprint density at radius 2 is 1.70 bits per heavy atom. The van der Waals surface area contributed by atoms with E-state index in [1.807, 2.05) is 12.1 Å². The molecular weight excluding hydrogens is 924 g/mol. The average Bonchev–Trinajstić information content (AvgIpc) is 3.58. The van der Waals surface area contributed by atoms with Crippen molar-refractivity contribution >= 4 is 81.8 Å².